The summed E-state index contributed by atoms with van der Waals surface area (Å²) in [6, 6.07) is 17.1. The number of rotatable bonds is 5. The smallest absolute Gasteiger partial charge is 0.306 e. The number of carbonyl (C=O) groups excluding carboxylic acids is 1. The molecule has 4 nitrogen and oxygen atoms in total. The standard InChI is InChI=1S/C27H33NO3/c1-27(2,18-25(29)30-3)14-17-28-15-12-20(13-16-28)26-22-9-5-4-8-21(22)19-31-24-11-7-6-10-23(24)26/h4-11H,12-19H2,1-3H3. The van der Waals surface area contributed by atoms with E-state index in [0.717, 1.165) is 44.6 Å². The minimum atomic E-state index is -0.122. The van der Waals surface area contributed by atoms with Crippen molar-refractivity contribution in [1.29, 1.82) is 0 Å². The Labute approximate surface area is 185 Å². The number of para-hydroxylation sites is 1. The van der Waals surface area contributed by atoms with Crippen molar-refractivity contribution in [3.05, 3.63) is 70.8 Å². The minimum absolute atomic E-state index is 0.0393. The van der Waals surface area contributed by atoms with E-state index in [1.165, 1.54) is 34.9 Å². The lowest BCUT2D eigenvalue weighted by atomic mass is 9.84. The number of esters is 1. The second-order valence-electron chi connectivity index (χ2n) is 9.43. The van der Waals surface area contributed by atoms with Gasteiger partial charge in [0.05, 0.1) is 13.5 Å². The molecule has 0 saturated carbocycles. The number of hydrogen-bond acceptors (Lipinski definition) is 4. The Balaban J connectivity index is 1.51. The van der Waals surface area contributed by atoms with Gasteiger partial charge in [-0.25, -0.2) is 0 Å². The van der Waals surface area contributed by atoms with Gasteiger partial charge in [-0.1, -0.05) is 61.9 Å². The molecule has 4 rings (SSSR count). The lowest BCUT2D eigenvalue weighted by Crippen LogP contribution is -2.34. The number of hydrogen-bond donors (Lipinski definition) is 0. The first-order valence-corrected chi connectivity index (χ1v) is 11.3. The molecule has 0 aromatic heterocycles. The van der Waals surface area contributed by atoms with Crippen LogP contribution in [-0.4, -0.2) is 37.6 Å². The van der Waals surface area contributed by atoms with Crippen LogP contribution in [0.2, 0.25) is 0 Å². The predicted molar refractivity (Wildman–Crippen MR) is 124 cm³/mol. The van der Waals surface area contributed by atoms with Gasteiger partial charge in [-0.3, -0.25) is 4.79 Å². The van der Waals surface area contributed by atoms with E-state index in [1.54, 1.807) is 0 Å². The zero-order valence-corrected chi connectivity index (χ0v) is 18.9. The van der Waals surface area contributed by atoms with Crippen molar-refractivity contribution in [1.82, 2.24) is 4.90 Å². The molecule has 2 aromatic rings. The van der Waals surface area contributed by atoms with Gasteiger partial charge in [0, 0.05) is 18.7 Å². The van der Waals surface area contributed by atoms with Crippen LogP contribution in [-0.2, 0) is 16.1 Å². The van der Waals surface area contributed by atoms with E-state index in [0.29, 0.717) is 13.0 Å². The van der Waals surface area contributed by atoms with Crippen molar-refractivity contribution >= 4 is 11.5 Å². The van der Waals surface area contributed by atoms with Crippen LogP contribution < -0.4 is 4.74 Å². The van der Waals surface area contributed by atoms with Crippen LogP contribution in [0.15, 0.2) is 54.1 Å². The third-order valence-electron chi connectivity index (χ3n) is 6.59. The van der Waals surface area contributed by atoms with Crippen LogP contribution in [0.4, 0.5) is 0 Å². The summed E-state index contributed by atoms with van der Waals surface area (Å²) in [7, 11) is 1.47. The molecule has 0 unspecified atom stereocenters. The Bertz CT molecular complexity index is 916. The summed E-state index contributed by atoms with van der Waals surface area (Å²) in [6.45, 7) is 8.05. The Kier molecular flexibility index (Phi) is 6.47. The normalized spacial score (nSPS) is 16.7. The maximum Gasteiger partial charge on any atom is 0.306 e. The molecule has 0 spiro atoms. The molecule has 2 aliphatic heterocycles. The first-order valence-electron chi connectivity index (χ1n) is 11.3. The zero-order chi connectivity index (χ0) is 21.8. The van der Waals surface area contributed by atoms with Crippen molar-refractivity contribution in [2.45, 2.75) is 46.1 Å². The summed E-state index contributed by atoms with van der Waals surface area (Å²) in [5.41, 5.74) is 6.64. The quantitative estimate of drug-likeness (QED) is 0.604. The average molecular weight is 420 g/mol. The second kappa shape index (κ2) is 9.27. The van der Waals surface area contributed by atoms with E-state index in [9.17, 15) is 4.79 Å². The first kappa shape index (κ1) is 21.6. The van der Waals surface area contributed by atoms with E-state index >= 15 is 0 Å². The number of fused-ring (bicyclic) bond motifs is 2. The van der Waals surface area contributed by atoms with Crippen LogP contribution in [0.3, 0.4) is 0 Å². The number of piperidine rings is 1. The Morgan fingerprint density at radius 1 is 1.03 bits per heavy atom. The molecular weight excluding hydrogens is 386 g/mol. The van der Waals surface area contributed by atoms with Crippen molar-refractivity contribution in [3.63, 3.8) is 0 Å². The summed E-state index contributed by atoms with van der Waals surface area (Å²) >= 11 is 0. The monoisotopic (exact) mass is 419 g/mol. The van der Waals surface area contributed by atoms with Crippen LogP contribution in [0, 0.1) is 5.41 Å². The van der Waals surface area contributed by atoms with Crippen molar-refractivity contribution in [2.75, 3.05) is 26.7 Å². The molecule has 0 radical (unpaired) electrons. The van der Waals surface area contributed by atoms with Crippen LogP contribution in [0.1, 0.15) is 56.2 Å². The molecule has 0 N–H and O–H groups in total. The van der Waals surface area contributed by atoms with E-state index in [2.05, 4.69) is 67.3 Å². The number of benzene rings is 2. The van der Waals surface area contributed by atoms with Gasteiger partial charge in [0.25, 0.3) is 0 Å². The summed E-state index contributed by atoms with van der Waals surface area (Å²) < 4.78 is 11.0. The van der Waals surface area contributed by atoms with Gasteiger partial charge in [-0.05, 0) is 54.0 Å². The summed E-state index contributed by atoms with van der Waals surface area (Å²) in [5, 5.41) is 0. The average Bonchev–Trinajstić information content (AvgIpc) is 2.95. The zero-order valence-electron chi connectivity index (χ0n) is 18.9. The number of carbonyl (C=O) groups is 1. The fraction of sp³-hybridized carbons (Fsp3) is 0.444. The number of methoxy groups -OCH3 is 1. The van der Waals surface area contributed by atoms with E-state index in [-0.39, 0.29) is 11.4 Å². The van der Waals surface area contributed by atoms with Gasteiger partial charge < -0.3 is 14.4 Å². The fourth-order valence-corrected chi connectivity index (χ4v) is 4.68. The topological polar surface area (TPSA) is 38.8 Å². The van der Waals surface area contributed by atoms with Crippen molar-refractivity contribution in [2.24, 2.45) is 5.41 Å². The van der Waals surface area contributed by atoms with Gasteiger partial charge in [-0.2, -0.15) is 0 Å². The van der Waals surface area contributed by atoms with Crippen molar-refractivity contribution in [3.8, 4) is 5.75 Å². The number of ether oxygens (including phenoxy) is 2. The largest absolute Gasteiger partial charge is 0.488 e. The Morgan fingerprint density at radius 3 is 2.45 bits per heavy atom. The number of likely N-dealkylation sites (tertiary alicyclic amines) is 1. The van der Waals surface area contributed by atoms with Gasteiger partial charge in [-0.15, -0.1) is 0 Å². The SMILES string of the molecule is COC(=O)CC(C)(C)CCN1CCC(=C2c3ccccc3COc3ccccc32)CC1. The maximum absolute atomic E-state index is 11.7. The third-order valence-corrected chi connectivity index (χ3v) is 6.59. The Hall–Kier alpha value is -2.59. The molecule has 1 saturated heterocycles. The summed E-state index contributed by atoms with van der Waals surface area (Å²) in [5.74, 6) is 0.858. The minimum Gasteiger partial charge on any atom is -0.488 e. The molecule has 31 heavy (non-hydrogen) atoms. The van der Waals surface area contributed by atoms with Gasteiger partial charge in [0.15, 0.2) is 0 Å². The van der Waals surface area contributed by atoms with Gasteiger partial charge in [0.2, 0.25) is 0 Å². The highest BCUT2D eigenvalue weighted by Gasteiger charge is 2.27. The molecule has 0 aliphatic carbocycles. The highest BCUT2D eigenvalue weighted by molar-refractivity contribution is 5.87. The lowest BCUT2D eigenvalue weighted by molar-refractivity contribution is -0.143. The fourth-order valence-electron chi connectivity index (χ4n) is 4.68. The molecule has 2 aromatic carbocycles. The molecule has 164 valence electrons. The summed E-state index contributed by atoms with van der Waals surface area (Å²) in [4.78, 5) is 14.2. The third kappa shape index (κ3) is 5.01. The molecule has 2 heterocycles. The Morgan fingerprint density at radius 2 is 1.71 bits per heavy atom. The maximum atomic E-state index is 11.7. The molecule has 0 atom stereocenters. The van der Waals surface area contributed by atoms with Crippen molar-refractivity contribution < 1.29 is 14.3 Å². The van der Waals surface area contributed by atoms with E-state index in [1.807, 2.05) is 0 Å². The van der Waals surface area contributed by atoms with E-state index < -0.39 is 0 Å². The molecule has 2 aliphatic rings. The van der Waals surface area contributed by atoms with Gasteiger partial charge in [0.1, 0.15) is 12.4 Å². The second-order valence-corrected chi connectivity index (χ2v) is 9.43. The number of nitrogens with zero attached hydrogens (tertiary/aromatic N) is 1. The molecule has 1 fully saturated rings. The van der Waals surface area contributed by atoms with Crippen LogP contribution in [0.25, 0.3) is 5.57 Å². The highest BCUT2D eigenvalue weighted by atomic mass is 16.5. The highest BCUT2D eigenvalue weighted by Crippen LogP contribution is 2.41. The van der Waals surface area contributed by atoms with Gasteiger partial charge >= 0.3 is 5.97 Å². The molecule has 4 heteroatoms. The molecular formula is C27H33NO3. The van der Waals surface area contributed by atoms with E-state index in [4.69, 9.17) is 9.47 Å². The van der Waals surface area contributed by atoms with Crippen LogP contribution >= 0.6 is 0 Å². The molecule has 0 bridgehead atoms. The first-order chi connectivity index (χ1) is 15.0. The summed E-state index contributed by atoms with van der Waals surface area (Å²) in [6.07, 6.45) is 3.60. The molecule has 0 amide bonds. The lowest BCUT2D eigenvalue weighted by Gasteiger charge is -2.33. The predicted octanol–water partition coefficient (Wildman–Crippen LogP) is 5.46. The van der Waals surface area contributed by atoms with Crippen LogP contribution in [0.5, 0.6) is 5.75 Å².